The molecule has 0 N–H and O–H groups in total. The fourth-order valence-corrected chi connectivity index (χ4v) is 4.64. The molecule has 0 amide bonds. The van der Waals surface area contributed by atoms with Crippen molar-refractivity contribution in [1.82, 2.24) is 13.7 Å². The highest BCUT2D eigenvalue weighted by atomic mass is 19.4. The summed E-state index contributed by atoms with van der Waals surface area (Å²) in [4.78, 5) is 27.5. The SMILES string of the molecule is Cc1cccc(-n2c(=O)c3c(c4cc(C)ccc4n3C)n(Cc3cccc(C(F)(F)F)c3)c2=O)c1. The van der Waals surface area contributed by atoms with Gasteiger partial charge >= 0.3 is 11.9 Å². The van der Waals surface area contributed by atoms with E-state index in [-0.39, 0.29) is 6.54 Å². The van der Waals surface area contributed by atoms with Gasteiger partial charge in [-0.25, -0.2) is 9.36 Å². The van der Waals surface area contributed by atoms with Gasteiger partial charge in [0.15, 0.2) is 0 Å². The van der Waals surface area contributed by atoms with E-state index in [0.717, 1.165) is 33.3 Å². The third kappa shape index (κ3) is 3.75. The van der Waals surface area contributed by atoms with E-state index in [1.54, 1.807) is 35.9 Å². The number of alkyl halides is 3. The van der Waals surface area contributed by atoms with Gasteiger partial charge in [0.1, 0.15) is 5.52 Å². The Morgan fingerprint density at radius 2 is 1.54 bits per heavy atom. The summed E-state index contributed by atoms with van der Waals surface area (Å²) in [7, 11) is 1.75. The lowest BCUT2D eigenvalue weighted by Gasteiger charge is -2.15. The van der Waals surface area contributed by atoms with Crippen LogP contribution in [0.2, 0.25) is 0 Å². The average Bonchev–Trinajstić information content (AvgIpc) is 3.08. The van der Waals surface area contributed by atoms with E-state index in [9.17, 15) is 22.8 Å². The molecule has 0 saturated heterocycles. The fraction of sp³-hybridized carbons (Fsp3) is 0.185. The van der Waals surface area contributed by atoms with E-state index in [0.29, 0.717) is 27.7 Å². The van der Waals surface area contributed by atoms with Crippen LogP contribution in [0, 0.1) is 13.8 Å². The van der Waals surface area contributed by atoms with Crippen LogP contribution in [-0.2, 0) is 19.8 Å². The molecule has 2 aromatic heterocycles. The number of fused-ring (bicyclic) bond motifs is 3. The van der Waals surface area contributed by atoms with Crippen molar-refractivity contribution >= 4 is 21.9 Å². The average molecular weight is 477 g/mol. The number of hydrogen-bond donors (Lipinski definition) is 0. The third-order valence-electron chi connectivity index (χ3n) is 6.28. The Morgan fingerprint density at radius 3 is 2.26 bits per heavy atom. The Bertz CT molecular complexity index is 1740. The molecule has 5 rings (SSSR count). The lowest BCUT2D eigenvalue weighted by atomic mass is 10.1. The highest BCUT2D eigenvalue weighted by Gasteiger charge is 2.30. The molecule has 178 valence electrons. The van der Waals surface area contributed by atoms with Crippen LogP contribution in [-0.4, -0.2) is 13.7 Å². The largest absolute Gasteiger partial charge is 0.416 e. The second kappa shape index (κ2) is 8.01. The van der Waals surface area contributed by atoms with Gasteiger partial charge in [0.2, 0.25) is 0 Å². The topological polar surface area (TPSA) is 48.9 Å². The molecule has 0 aliphatic heterocycles. The first-order chi connectivity index (χ1) is 16.6. The Morgan fingerprint density at radius 1 is 0.829 bits per heavy atom. The summed E-state index contributed by atoms with van der Waals surface area (Å²) >= 11 is 0. The van der Waals surface area contributed by atoms with E-state index in [2.05, 4.69) is 0 Å². The molecule has 3 aromatic carbocycles. The summed E-state index contributed by atoms with van der Waals surface area (Å²) in [6, 6.07) is 17.6. The number of halogens is 3. The second-order valence-electron chi connectivity index (χ2n) is 8.82. The number of aryl methyl sites for hydroxylation is 3. The molecule has 0 aliphatic rings. The first kappa shape index (κ1) is 22.7. The van der Waals surface area contributed by atoms with Crippen LogP contribution in [0.25, 0.3) is 27.6 Å². The van der Waals surface area contributed by atoms with Gasteiger partial charge in [0.05, 0.1) is 28.8 Å². The van der Waals surface area contributed by atoms with Gasteiger partial charge in [0, 0.05) is 12.4 Å². The molecule has 0 unspecified atom stereocenters. The van der Waals surface area contributed by atoms with E-state index < -0.39 is 23.0 Å². The standard InChI is InChI=1S/C27H22F3N3O2/c1-16-6-4-9-20(12-16)33-25(34)24-23(21-13-17(2)10-11-22(21)31(24)3)32(26(33)35)15-18-7-5-8-19(14-18)27(28,29)30/h4-14H,15H2,1-3H3. The van der Waals surface area contributed by atoms with Crippen molar-refractivity contribution in [3.63, 3.8) is 0 Å². The number of nitrogens with zero attached hydrogens (tertiary/aromatic N) is 3. The first-order valence-electron chi connectivity index (χ1n) is 11.0. The van der Waals surface area contributed by atoms with E-state index in [1.165, 1.54) is 10.6 Å². The zero-order valence-electron chi connectivity index (χ0n) is 19.3. The zero-order valence-corrected chi connectivity index (χ0v) is 19.3. The molecule has 0 radical (unpaired) electrons. The van der Waals surface area contributed by atoms with Crippen molar-refractivity contribution in [1.29, 1.82) is 0 Å². The molecule has 0 atom stereocenters. The molecule has 35 heavy (non-hydrogen) atoms. The second-order valence-corrected chi connectivity index (χ2v) is 8.82. The number of hydrogen-bond acceptors (Lipinski definition) is 2. The van der Waals surface area contributed by atoms with Gasteiger partial charge in [0.25, 0.3) is 5.56 Å². The van der Waals surface area contributed by atoms with Gasteiger partial charge < -0.3 is 4.57 Å². The van der Waals surface area contributed by atoms with Crippen LogP contribution >= 0.6 is 0 Å². The van der Waals surface area contributed by atoms with Gasteiger partial charge in [-0.3, -0.25) is 9.36 Å². The Hall–Kier alpha value is -4.07. The van der Waals surface area contributed by atoms with Crippen molar-refractivity contribution in [2.45, 2.75) is 26.6 Å². The van der Waals surface area contributed by atoms with Gasteiger partial charge in [-0.15, -0.1) is 0 Å². The van der Waals surface area contributed by atoms with E-state index in [1.807, 2.05) is 38.1 Å². The Labute approximate surface area is 198 Å². The molecule has 5 aromatic rings. The van der Waals surface area contributed by atoms with Crippen LogP contribution in [0.1, 0.15) is 22.3 Å². The smallest absolute Gasteiger partial charge is 0.338 e. The summed E-state index contributed by atoms with van der Waals surface area (Å²) in [5.74, 6) is 0. The maximum absolute atomic E-state index is 13.8. The molecule has 8 heteroatoms. The summed E-state index contributed by atoms with van der Waals surface area (Å²) in [6.45, 7) is 3.63. The van der Waals surface area contributed by atoms with Crippen LogP contribution in [0.15, 0.2) is 76.3 Å². The maximum atomic E-state index is 13.8. The summed E-state index contributed by atoms with van der Waals surface area (Å²) in [5, 5.41) is 0.695. The van der Waals surface area contributed by atoms with Crippen LogP contribution in [0.4, 0.5) is 13.2 Å². The quantitative estimate of drug-likeness (QED) is 0.353. The lowest BCUT2D eigenvalue weighted by molar-refractivity contribution is -0.137. The van der Waals surface area contributed by atoms with Crippen LogP contribution in [0.5, 0.6) is 0 Å². The molecule has 0 saturated carbocycles. The summed E-state index contributed by atoms with van der Waals surface area (Å²) in [5.41, 5.74) is 2.09. The Kier molecular flexibility index (Phi) is 5.20. The number of benzene rings is 3. The van der Waals surface area contributed by atoms with Gasteiger partial charge in [-0.05, 0) is 61.4 Å². The van der Waals surface area contributed by atoms with Crippen molar-refractivity contribution in [3.8, 4) is 5.69 Å². The zero-order chi connectivity index (χ0) is 25.1. The van der Waals surface area contributed by atoms with Crippen molar-refractivity contribution < 1.29 is 13.2 Å². The highest BCUT2D eigenvalue weighted by molar-refractivity contribution is 6.06. The predicted molar refractivity (Wildman–Crippen MR) is 130 cm³/mol. The first-order valence-corrected chi connectivity index (χ1v) is 11.0. The Balaban J connectivity index is 1.90. The molecule has 2 heterocycles. The highest BCUT2D eigenvalue weighted by Crippen LogP contribution is 2.31. The van der Waals surface area contributed by atoms with E-state index >= 15 is 0 Å². The molecule has 5 nitrogen and oxygen atoms in total. The third-order valence-corrected chi connectivity index (χ3v) is 6.28. The molecular formula is C27H22F3N3O2. The van der Waals surface area contributed by atoms with E-state index in [4.69, 9.17) is 0 Å². The van der Waals surface area contributed by atoms with Gasteiger partial charge in [-0.1, -0.05) is 35.9 Å². The summed E-state index contributed by atoms with van der Waals surface area (Å²) in [6.07, 6.45) is -4.51. The van der Waals surface area contributed by atoms with Crippen LogP contribution in [0.3, 0.4) is 0 Å². The minimum Gasteiger partial charge on any atom is -0.338 e. The number of rotatable bonds is 3. The fourth-order valence-electron chi connectivity index (χ4n) is 4.64. The van der Waals surface area contributed by atoms with Gasteiger partial charge in [-0.2, -0.15) is 13.2 Å². The van der Waals surface area contributed by atoms with Crippen molar-refractivity contribution in [3.05, 3.63) is 110 Å². The molecular weight excluding hydrogens is 455 g/mol. The minimum atomic E-state index is -4.51. The molecule has 0 aliphatic carbocycles. The number of aromatic nitrogens is 3. The monoisotopic (exact) mass is 477 g/mol. The summed E-state index contributed by atoms with van der Waals surface area (Å²) < 4.78 is 44.3. The predicted octanol–water partition coefficient (Wildman–Crippen LogP) is 5.33. The maximum Gasteiger partial charge on any atom is 0.416 e. The normalized spacial score (nSPS) is 12.1. The lowest BCUT2D eigenvalue weighted by Crippen LogP contribution is -2.39. The van der Waals surface area contributed by atoms with Crippen molar-refractivity contribution in [2.24, 2.45) is 7.05 Å². The molecule has 0 spiro atoms. The molecule has 0 bridgehead atoms. The van der Waals surface area contributed by atoms with Crippen molar-refractivity contribution in [2.75, 3.05) is 0 Å². The molecule has 0 fully saturated rings. The van der Waals surface area contributed by atoms with Crippen LogP contribution < -0.4 is 11.2 Å². The minimum absolute atomic E-state index is 0.127.